The Morgan fingerprint density at radius 2 is 2.00 bits per heavy atom. The Labute approximate surface area is 96.7 Å². The van der Waals surface area contributed by atoms with Gasteiger partial charge in [0, 0.05) is 6.92 Å². The van der Waals surface area contributed by atoms with Crippen LogP contribution in [0.1, 0.15) is 38.6 Å². The van der Waals surface area contributed by atoms with E-state index in [2.05, 4.69) is 37.9 Å². The first-order chi connectivity index (χ1) is 7.44. The van der Waals surface area contributed by atoms with Gasteiger partial charge in [-0.2, -0.15) is 0 Å². The summed E-state index contributed by atoms with van der Waals surface area (Å²) < 4.78 is 5.46. The molecule has 0 saturated heterocycles. The van der Waals surface area contributed by atoms with Crippen LogP contribution in [0, 0.1) is 12.3 Å². The van der Waals surface area contributed by atoms with Crippen molar-refractivity contribution in [3.63, 3.8) is 0 Å². The first kappa shape index (κ1) is 11.2. The Morgan fingerprint density at radius 3 is 2.69 bits per heavy atom. The summed E-state index contributed by atoms with van der Waals surface area (Å²) in [7, 11) is 0. The molecule has 86 valence electrons. The van der Waals surface area contributed by atoms with Crippen molar-refractivity contribution in [1.29, 1.82) is 0 Å². The van der Waals surface area contributed by atoms with Gasteiger partial charge in [0.05, 0.1) is 0 Å². The molecule has 0 N–H and O–H groups in total. The van der Waals surface area contributed by atoms with E-state index in [-0.39, 0.29) is 0 Å². The fourth-order valence-corrected chi connectivity index (χ4v) is 1.76. The summed E-state index contributed by atoms with van der Waals surface area (Å²) in [5.41, 5.74) is 3.59. The van der Waals surface area contributed by atoms with Crippen molar-refractivity contribution in [2.45, 2.75) is 40.5 Å². The summed E-state index contributed by atoms with van der Waals surface area (Å²) in [6.07, 6.45) is 2.29. The van der Waals surface area contributed by atoms with Crippen LogP contribution in [0.15, 0.2) is 22.6 Å². The standard InChI is InChI=1S/C14H19NO/c1-10-15-12-9-11(5-6-13(12)16-10)7-8-14(2,3)4/h5-6,9H,7-8H2,1-4H3. The molecule has 0 amide bonds. The maximum atomic E-state index is 5.46. The fraction of sp³-hybridized carbons (Fsp3) is 0.500. The molecule has 16 heavy (non-hydrogen) atoms. The topological polar surface area (TPSA) is 26.0 Å². The van der Waals surface area contributed by atoms with Crippen molar-refractivity contribution in [2.75, 3.05) is 0 Å². The van der Waals surface area contributed by atoms with Gasteiger partial charge in [-0.05, 0) is 36.0 Å². The molecule has 0 atom stereocenters. The molecule has 0 saturated carbocycles. The Balaban J connectivity index is 2.19. The first-order valence-electron chi connectivity index (χ1n) is 5.80. The summed E-state index contributed by atoms with van der Waals surface area (Å²) >= 11 is 0. The third-order valence-electron chi connectivity index (χ3n) is 2.72. The van der Waals surface area contributed by atoms with E-state index in [0.29, 0.717) is 5.41 Å². The summed E-state index contributed by atoms with van der Waals surface area (Å²) in [6, 6.07) is 6.30. The van der Waals surface area contributed by atoms with E-state index < -0.39 is 0 Å². The monoisotopic (exact) mass is 217 g/mol. The van der Waals surface area contributed by atoms with Gasteiger partial charge in [0.2, 0.25) is 0 Å². The second kappa shape index (κ2) is 3.93. The van der Waals surface area contributed by atoms with E-state index in [1.165, 1.54) is 12.0 Å². The third kappa shape index (κ3) is 2.63. The molecular formula is C14H19NO. The first-order valence-corrected chi connectivity index (χ1v) is 5.80. The average molecular weight is 217 g/mol. The smallest absolute Gasteiger partial charge is 0.192 e. The van der Waals surface area contributed by atoms with Crippen LogP contribution in [0.25, 0.3) is 11.1 Å². The van der Waals surface area contributed by atoms with Gasteiger partial charge in [-0.25, -0.2) is 4.98 Å². The molecule has 1 heterocycles. The molecule has 0 radical (unpaired) electrons. The summed E-state index contributed by atoms with van der Waals surface area (Å²) in [5, 5.41) is 0. The maximum Gasteiger partial charge on any atom is 0.192 e. The van der Waals surface area contributed by atoms with Crippen molar-refractivity contribution >= 4 is 11.1 Å². The molecule has 0 spiro atoms. The van der Waals surface area contributed by atoms with Gasteiger partial charge in [-0.1, -0.05) is 26.8 Å². The minimum atomic E-state index is 0.384. The fourth-order valence-electron chi connectivity index (χ4n) is 1.76. The lowest BCUT2D eigenvalue weighted by Crippen LogP contribution is -2.06. The van der Waals surface area contributed by atoms with E-state index in [1.54, 1.807) is 0 Å². The number of hydrogen-bond acceptors (Lipinski definition) is 2. The summed E-state index contributed by atoms with van der Waals surface area (Å²) in [4.78, 5) is 4.35. The highest BCUT2D eigenvalue weighted by Crippen LogP contribution is 2.23. The second-order valence-corrected chi connectivity index (χ2v) is 5.60. The van der Waals surface area contributed by atoms with Crippen LogP contribution in [0.4, 0.5) is 0 Å². The third-order valence-corrected chi connectivity index (χ3v) is 2.72. The van der Waals surface area contributed by atoms with Crippen molar-refractivity contribution in [3.8, 4) is 0 Å². The summed E-state index contributed by atoms with van der Waals surface area (Å²) in [5.74, 6) is 0.739. The Bertz CT molecular complexity index is 491. The van der Waals surface area contributed by atoms with Crippen LogP contribution in [0.2, 0.25) is 0 Å². The van der Waals surface area contributed by atoms with Crippen LogP contribution in [0.3, 0.4) is 0 Å². The van der Waals surface area contributed by atoms with Gasteiger partial charge in [0.1, 0.15) is 5.52 Å². The van der Waals surface area contributed by atoms with E-state index in [4.69, 9.17) is 4.42 Å². The second-order valence-electron chi connectivity index (χ2n) is 5.60. The predicted molar refractivity (Wildman–Crippen MR) is 66.5 cm³/mol. The minimum Gasteiger partial charge on any atom is -0.441 e. The van der Waals surface area contributed by atoms with Gasteiger partial charge >= 0.3 is 0 Å². The molecule has 2 rings (SSSR count). The van der Waals surface area contributed by atoms with Crippen molar-refractivity contribution in [2.24, 2.45) is 5.41 Å². The molecule has 0 aliphatic heterocycles. The molecule has 0 bridgehead atoms. The number of aryl methyl sites for hydroxylation is 2. The number of fused-ring (bicyclic) bond motifs is 1. The Morgan fingerprint density at radius 1 is 1.25 bits per heavy atom. The molecule has 2 heteroatoms. The molecule has 1 aromatic heterocycles. The minimum absolute atomic E-state index is 0.384. The van der Waals surface area contributed by atoms with Gasteiger partial charge < -0.3 is 4.42 Å². The molecule has 0 unspecified atom stereocenters. The number of hydrogen-bond donors (Lipinski definition) is 0. The van der Waals surface area contributed by atoms with Crippen LogP contribution in [0.5, 0.6) is 0 Å². The number of aromatic nitrogens is 1. The van der Waals surface area contributed by atoms with Crippen molar-refractivity contribution < 1.29 is 4.42 Å². The quantitative estimate of drug-likeness (QED) is 0.756. The normalized spacial score (nSPS) is 12.2. The molecule has 1 aromatic carbocycles. The van der Waals surface area contributed by atoms with E-state index >= 15 is 0 Å². The van der Waals surface area contributed by atoms with Crippen LogP contribution in [-0.4, -0.2) is 4.98 Å². The van der Waals surface area contributed by atoms with E-state index in [1.807, 2.05) is 13.0 Å². The maximum absolute atomic E-state index is 5.46. The zero-order chi connectivity index (χ0) is 11.8. The lowest BCUT2D eigenvalue weighted by Gasteiger charge is -2.17. The average Bonchev–Trinajstić information content (AvgIpc) is 2.52. The molecular weight excluding hydrogens is 198 g/mol. The van der Waals surface area contributed by atoms with Gasteiger partial charge in [-0.3, -0.25) is 0 Å². The molecule has 2 aromatic rings. The number of nitrogens with zero attached hydrogens (tertiary/aromatic N) is 1. The predicted octanol–water partition coefficient (Wildman–Crippen LogP) is 4.11. The van der Waals surface area contributed by atoms with E-state index in [0.717, 1.165) is 23.4 Å². The lowest BCUT2D eigenvalue weighted by atomic mass is 9.89. The zero-order valence-electron chi connectivity index (χ0n) is 10.5. The van der Waals surface area contributed by atoms with Gasteiger partial charge in [0.15, 0.2) is 11.5 Å². The highest BCUT2D eigenvalue weighted by molar-refractivity contribution is 5.73. The number of benzene rings is 1. The zero-order valence-corrected chi connectivity index (χ0v) is 10.5. The Hall–Kier alpha value is -1.31. The largest absolute Gasteiger partial charge is 0.441 e. The van der Waals surface area contributed by atoms with Gasteiger partial charge in [-0.15, -0.1) is 0 Å². The molecule has 0 aliphatic carbocycles. The Kier molecular flexibility index (Phi) is 2.75. The lowest BCUT2D eigenvalue weighted by molar-refractivity contribution is 0.378. The number of rotatable bonds is 2. The number of oxazole rings is 1. The van der Waals surface area contributed by atoms with Crippen molar-refractivity contribution in [3.05, 3.63) is 29.7 Å². The molecule has 0 fully saturated rings. The molecule has 0 aliphatic rings. The highest BCUT2D eigenvalue weighted by atomic mass is 16.3. The highest BCUT2D eigenvalue weighted by Gasteiger charge is 2.10. The van der Waals surface area contributed by atoms with Crippen LogP contribution >= 0.6 is 0 Å². The van der Waals surface area contributed by atoms with E-state index in [9.17, 15) is 0 Å². The van der Waals surface area contributed by atoms with Crippen LogP contribution in [-0.2, 0) is 6.42 Å². The van der Waals surface area contributed by atoms with Crippen LogP contribution < -0.4 is 0 Å². The summed E-state index contributed by atoms with van der Waals surface area (Å²) in [6.45, 7) is 8.69. The van der Waals surface area contributed by atoms with Crippen molar-refractivity contribution in [1.82, 2.24) is 4.98 Å². The van der Waals surface area contributed by atoms with Gasteiger partial charge in [0.25, 0.3) is 0 Å². The molecule has 2 nitrogen and oxygen atoms in total. The SMILES string of the molecule is Cc1nc2cc(CCC(C)(C)C)ccc2o1.